The minimum absolute atomic E-state index is 0.0103. The van der Waals surface area contributed by atoms with Gasteiger partial charge in [0, 0.05) is 6.04 Å². The number of sulfonamides is 1. The first-order valence-corrected chi connectivity index (χ1v) is 10.3. The summed E-state index contributed by atoms with van der Waals surface area (Å²) in [6.45, 7) is 5.28. The Morgan fingerprint density at radius 1 is 1.15 bits per heavy atom. The Balaban J connectivity index is 1.80. The molecular weight excluding hydrogens is 375 g/mol. The minimum atomic E-state index is -3.66. The van der Waals surface area contributed by atoms with E-state index >= 15 is 0 Å². The molecular formula is C17H26FN4O4S+. The van der Waals surface area contributed by atoms with Gasteiger partial charge in [0.15, 0.2) is 6.54 Å². The zero-order chi connectivity index (χ0) is 20.0. The van der Waals surface area contributed by atoms with Crippen LogP contribution in [-0.2, 0) is 19.6 Å². The standard InChI is InChI=1S/C17H25FN4O4S/c1-13(2)20-16(23)11-19-17(24)12-21-7-9-22(10-8-21)27(25,26)15-5-3-14(18)4-6-15/h3-6,13H,7-12H2,1-2H3,(H,19,24)(H,20,23)/p+1. The summed E-state index contributed by atoms with van der Waals surface area (Å²) in [4.78, 5) is 24.5. The number of halogens is 1. The molecule has 0 bridgehead atoms. The van der Waals surface area contributed by atoms with Crippen LogP contribution in [0.15, 0.2) is 29.2 Å². The summed E-state index contributed by atoms with van der Waals surface area (Å²) < 4.78 is 39.5. The van der Waals surface area contributed by atoms with Gasteiger partial charge in [-0.25, -0.2) is 12.8 Å². The third-order valence-corrected chi connectivity index (χ3v) is 6.10. The highest BCUT2D eigenvalue weighted by atomic mass is 32.2. The maximum atomic E-state index is 13.0. The van der Waals surface area contributed by atoms with Crippen LogP contribution >= 0.6 is 0 Å². The fourth-order valence-corrected chi connectivity index (χ4v) is 4.26. The van der Waals surface area contributed by atoms with E-state index in [1.165, 1.54) is 16.4 Å². The molecule has 2 rings (SSSR count). The number of amides is 2. The van der Waals surface area contributed by atoms with Gasteiger partial charge in [-0.1, -0.05) is 0 Å². The number of hydrogen-bond acceptors (Lipinski definition) is 4. The molecule has 0 aromatic heterocycles. The summed E-state index contributed by atoms with van der Waals surface area (Å²) in [7, 11) is -3.66. The van der Waals surface area contributed by atoms with Crippen molar-refractivity contribution >= 4 is 21.8 Å². The van der Waals surface area contributed by atoms with E-state index in [0.717, 1.165) is 17.0 Å². The smallest absolute Gasteiger partial charge is 0.275 e. The molecule has 0 unspecified atom stereocenters. The van der Waals surface area contributed by atoms with Gasteiger partial charge in [0.1, 0.15) is 5.82 Å². The Morgan fingerprint density at radius 2 is 1.74 bits per heavy atom. The molecule has 1 heterocycles. The van der Waals surface area contributed by atoms with Crippen molar-refractivity contribution in [2.75, 3.05) is 39.3 Å². The van der Waals surface area contributed by atoms with E-state index in [2.05, 4.69) is 10.6 Å². The Bertz CT molecular complexity index is 760. The zero-order valence-electron chi connectivity index (χ0n) is 15.5. The molecule has 0 aliphatic carbocycles. The minimum Gasteiger partial charge on any atom is -0.352 e. The molecule has 2 amide bonds. The largest absolute Gasteiger partial charge is 0.352 e. The number of rotatable bonds is 7. The van der Waals surface area contributed by atoms with E-state index in [4.69, 9.17) is 0 Å². The van der Waals surface area contributed by atoms with Gasteiger partial charge in [0.2, 0.25) is 15.9 Å². The van der Waals surface area contributed by atoms with Gasteiger partial charge in [0.05, 0.1) is 37.6 Å². The van der Waals surface area contributed by atoms with E-state index in [9.17, 15) is 22.4 Å². The second-order valence-corrected chi connectivity index (χ2v) is 8.72. The van der Waals surface area contributed by atoms with Crippen LogP contribution in [0.25, 0.3) is 0 Å². The third kappa shape index (κ3) is 6.26. The van der Waals surface area contributed by atoms with E-state index in [1.807, 2.05) is 13.8 Å². The summed E-state index contributed by atoms with van der Waals surface area (Å²) in [5, 5.41) is 5.25. The zero-order valence-corrected chi connectivity index (χ0v) is 16.3. The van der Waals surface area contributed by atoms with Crippen molar-refractivity contribution in [1.29, 1.82) is 0 Å². The van der Waals surface area contributed by atoms with Crippen LogP contribution in [0.1, 0.15) is 13.8 Å². The molecule has 0 saturated carbocycles. The van der Waals surface area contributed by atoms with Crippen LogP contribution in [0.5, 0.6) is 0 Å². The van der Waals surface area contributed by atoms with E-state index in [0.29, 0.717) is 13.1 Å². The third-order valence-electron chi connectivity index (χ3n) is 4.19. The summed E-state index contributed by atoms with van der Waals surface area (Å²) in [5.74, 6) is -0.987. The van der Waals surface area contributed by atoms with Gasteiger partial charge in [-0.2, -0.15) is 4.31 Å². The second kappa shape index (κ2) is 9.25. The van der Waals surface area contributed by atoms with Crippen molar-refractivity contribution in [3.63, 3.8) is 0 Å². The molecule has 1 saturated heterocycles. The number of carbonyl (C=O) groups is 2. The molecule has 150 valence electrons. The van der Waals surface area contributed by atoms with Gasteiger partial charge in [-0.15, -0.1) is 0 Å². The Labute approximate surface area is 158 Å². The highest BCUT2D eigenvalue weighted by molar-refractivity contribution is 7.89. The van der Waals surface area contributed by atoms with Crippen LogP contribution < -0.4 is 15.5 Å². The molecule has 0 atom stereocenters. The fraction of sp³-hybridized carbons (Fsp3) is 0.529. The summed E-state index contributed by atoms with van der Waals surface area (Å²) in [6, 6.07) is 4.75. The van der Waals surface area contributed by atoms with Crippen LogP contribution in [0.4, 0.5) is 4.39 Å². The van der Waals surface area contributed by atoms with Gasteiger partial charge in [-0.05, 0) is 38.1 Å². The predicted octanol–water partition coefficient (Wildman–Crippen LogP) is -1.64. The van der Waals surface area contributed by atoms with E-state index in [-0.39, 0.29) is 48.9 Å². The molecule has 0 spiro atoms. The molecule has 1 aliphatic heterocycles. The van der Waals surface area contributed by atoms with Crippen molar-refractivity contribution in [2.45, 2.75) is 24.8 Å². The van der Waals surface area contributed by atoms with Crippen LogP contribution in [0.3, 0.4) is 0 Å². The summed E-state index contributed by atoms with van der Waals surface area (Å²) in [5.41, 5.74) is 0. The lowest BCUT2D eigenvalue weighted by Gasteiger charge is -2.31. The van der Waals surface area contributed by atoms with E-state index < -0.39 is 15.8 Å². The Hall–Kier alpha value is -2.04. The predicted molar refractivity (Wildman–Crippen MR) is 97.0 cm³/mol. The van der Waals surface area contributed by atoms with Crippen LogP contribution in [0.2, 0.25) is 0 Å². The number of piperazine rings is 1. The fourth-order valence-electron chi connectivity index (χ4n) is 2.82. The van der Waals surface area contributed by atoms with E-state index in [1.54, 1.807) is 0 Å². The summed E-state index contributed by atoms with van der Waals surface area (Å²) >= 11 is 0. The Kier molecular flexibility index (Phi) is 7.28. The number of quaternary nitrogens is 1. The number of benzene rings is 1. The average molecular weight is 401 g/mol. The maximum absolute atomic E-state index is 13.0. The lowest BCUT2D eigenvalue weighted by molar-refractivity contribution is -0.895. The molecule has 10 heteroatoms. The SMILES string of the molecule is CC(C)NC(=O)CNC(=O)C[NH+]1CCN(S(=O)(=O)c2ccc(F)cc2)CC1. The monoisotopic (exact) mass is 401 g/mol. The molecule has 1 fully saturated rings. The first kappa shape index (κ1) is 21.3. The molecule has 1 aromatic carbocycles. The van der Waals surface area contributed by atoms with Crippen molar-refractivity contribution in [1.82, 2.24) is 14.9 Å². The van der Waals surface area contributed by atoms with Crippen molar-refractivity contribution in [3.05, 3.63) is 30.1 Å². The molecule has 27 heavy (non-hydrogen) atoms. The molecule has 8 nitrogen and oxygen atoms in total. The lowest BCUT2D eigenvalue weighted by Crippen LogP contribution is -3.15. The topological polar surface area (TPSA) is 100 Å². The maximum Gasteiger partial charge on any atom is 0.275 e. The molecule has 3 N–H and O–H groups in total. The molecule has 1 aliphatic rings. The van der Waals surface area contributed by atoms with Crippen molar-refractivity contribution in [2.24, 2.45) is 0 Å². The number of hydrogen-bond donors (Lipinski definition) is 3. The highest BCUT2D eigenvalue weighted by Gasteiger charge is 2.31. The highest BCUT2D eigenvalue weighted by Crippen LogP contribution is 2.15. The van der Waals surface area contributed by atoms with Crippen molar-refractivity contribution < 1.29 is 27.3 Å². The first-order valence-electron chi connectivity index (χ1n) is 8.84. The van der Waals surface area contributed by atoms with Gasteiger partial charge < -0.3 is 15.5 Å². The Morgan fingerprint density at radius 3 is 2.30 bits per heavy atom. The average Bonchev–Trinajstić information content (AvgIpc) is 2.60. The van der Waals surface area contributed by atoms with Gasteiger partial charge >= 0.3 is 0 Å². The quantitative estimate of drug-likeness (QED) is 0.510. The second-order valence-electron chi connectivity index (χ2n) is 6.78. The lowest BCUT2D eigenvalue weighted by atomic mass is 10.3. The summed E-state index contributed by atoms with van der Waals surface area (Å²) in [6.07, 6.45) is 0. The molecule has 1 aromatic rings. The van der Waals surface area contributed by atoms with Crippen LogP contribution in [0, 0.1) is 5.82 Å². The van der Waals surface area contributed by atoms with Crippen molar-refractivity contribution in [3.8, 4) is 0 Å². The van der Waals surface area contributed by atoms with Gasteiger partial charge in [0.25, 0.3) is 5.91 Å². The van der Waals surface area contributed by atoms with Gasteiger partial charge in [-0.3, -0.25) is 9.59 Å². The first-order chi connectivity index (χ1) is 12.7. The molecule has 0 radical (unpaired) electrons. The van der Waals surface area contributed by atoms with Crippen LogP contribution in [-0.4, -0.2) is 69.8 Å². The number of nitrogens with zero attached hydrogens (tertiary/aromatic N) is 1. The number of carbonyl (C=O) groups excluding carboxylic acids is 2. The normalized spacial score (nSPS) is 16.3. The number of nitrogens with one attached hydrogen (secondary N) is 3.